The largest absolute Gasteiger partial charge is 0.462 e. The Kier molecular flexibility index (Phi) is 49.1. The first kappa shape index (κ1) is 60.8. The molecule has 0 aliphatic rings. The Hall–Kier alpha value is -2.18. The number of aliphatic hydroxyl groups is 2. The smallest absolute Gasteiger partial charge is 0.306 e. The topological polar surface area (TPSA) is 95.9 Å². The van der Waals surface area contributed by atoms with Crippen LogP contribution in [0.4, 0.5) is 0 Å². The SMILES string of the molecule is CCCCCCC/C=C/C=C/C=C/CCCCCC(CC(=O)NC(CO)C(O)CCCCCCCCCCC)OC(=O)CCCCCCCCCCC/C=C/CCCCCCCC. The van der Waals surface area contributed by atoms with E-state index < -0.39 is 18.2 Å². The minimum absolute atomic E-state index is 0.0550. The predicted molar refractivity (Wildman–Crippen MR) is 273 cm³/mol. The van der Waals surface area contributed by atoms with Crippen molar-refractivity contribution in [3.8, 4) is 0 Å². The molecule has 0 heterocycles. The Morgan fingerprint density at radius 2 is 0.825 bits per heavy atom. The average molecular weight is 884 g/mol. The van der Waals surface area contributed by atoms with Crippen LogP contribution in [-0.4, -0.2) is 46.9 Å². The van der Waals surface area contributed by atoms with Gasteiger partial charge >= 0.3 is 5.97 Å². The van der Waals surface area contributed by atoms with Crippen molar-refractivity contribution in [2.75, 3.05) is 6.61 Å². The molecule has 368 valence electrons. The highest BCUT2D eigenvalue weighted by atomic mass is 16.5. The van der Waals surface area contributed by atoms with Gasteiger partial charge < -0.3 is 20.3 Å². The van der Waals surface area contributed by atoms with Crippen molar-refractivity contribution in [3.63, 3.8) is 0 Å². The van der Waals surface area contributed by atoms with E-state index in [0.717, 1.165) is 70.6 Å². The van der Waals surface area contributed by atoms with Crippen LogP contribution in [-0.2, 0) is 14.3 Å². The summed E-state index contributed by atoms with van der Waals surface area (Å²) < 4.78 is 5.93. The normalized spacial score (nSPS) is 13.5. The molecule has 0 radical (unpaired) electrons. The molecule has 0 bridgehead atoms. The van der Waals surface area contributed by atoms with Gasteiger partial charge in [-0.15, -0.1) is 0 Å². The molecule has 3 atom stereocenters. The van der Waals surface area contributed by atoms with Crippen molar-refractivity contribution >= 4 is 11.9 Å². The van der Waals surface area contributed by atoms with E-state index in [-0.39, 0.29) is 24.9 Å². The molecular weight excluding hydrogens is 779 g/mol. The number of nitrogens with one attached hydrogen (secondary N) is 1. The van der Waals surface area contributed by atoms with E-state index in [1.165, 1.54) is 161 Å². The first-order chi connectivity index (χ1) is 31.0. The van der Waals surface area contributed by atoms with E-state index in [0.29, 0.717) is 19.3 Å². The molecule has 6 heteroatoms. The summed E-state index contributed by atoms with van der Waals surface area (Å²) in [5.74, 6) is -0.503. The van der Waals surface area contributed by atoms with Crippen LogP contribution >= 0.6 is 0 Å². The zero-order valence-corrected chi connectivity index (χ0v) is 42.0. The Labute approximate surface area is 391 Å². The van der Waals surface area contributed by atoms with E-state index in [9.17, 15) is 19.8 Å². The molecule has 0 rings (SSSR count). The minimum Gasteiger partial charge on any atom is -0.462 e. The molecule has 3 unspecified atom stereocenters. The number of unbranched alkanes of at least 4 members (excludes halogenated alkanes) is 31. The van der Waals surface area contributed by atoms with Gasteiger partial charge in [0.15, 0.2) is 0 Å². The summed E-state index contributed by atoms with van der Waals surface area (Å²) >= 11 is 0. The maximum atomic E-state index is 13.2. The van der Waals surface area contributed by atoms with Crippen LogP contribution in [0.2, 0.25) is 0 Å². The van der Waals surface area contributed by atoms with Crippen molar-refractivity contribution in [1.29, 1.82) is 0 Å². The van der Waals surface area contributed by atoms with Crippen molar-refractivity contribution in [2.45, 2.75) is 296 Å². The Bertz CT molecular complexity index is 1080. The van der Waals surface area contributed by atoms with Crippen LogP contribution in [0, 0.1) is 0 Å². The van der Waals surface area contributed by atoms with Crippen LogP contribution in [0.25, 0.3) is 0 Å². The molecule has 0 aliphatic carbocycles. The number of amides is 1. The highest BCUT2D eigenvalue weighted by Gasteiger charge is 2.24. The third kappa shape index (κ3) is 46.2. The molecule has 0 saturated carbocycles. The summed E-state index contributed by atoms with van der Waals surface area (Å²) in [6.45, 7) is 6.45. The van der Waals surface area contributed by atoms with Gasteiger partial charge in [0.2, 0.25) is 5.91 Å². The monoisotopic (exact) mass is 884 g/mol. The summed E-state index contributed by atoms with van der Waals surface area (Å²) in [5, 5.41) is 23.7. The summed E-state index contributed by atoms with van der Waals surface area (Å²) in [5.41, 5.74) is 0. The lowest BCUT2D eigenvalue weighted by molar-refractivity contribution is -0.151. The van der Waals surface area contributed by atoms with Crippen molar-refractivity contribution in [2.24, 2.45) is 0 Å². The second-order valence-electron chi connectivity index (χ2n) is 18.7. The predicted octanol–water partition coefficient (Wildman–Crippen LogP) is 16.6. The van der Waals surface area contributed by atoms with Gasteiger partial charge in [0.05, 0.1) is 25.2 Å². The number of rotatable bonds is 49. The maximum absolute atomic E-state index is 13.2. The molecule has 0 fully saturated rings. The lowest BCUT2D eigenvalue weighted by Gasteiger charge is -2.24. The Balaban J connectivity index is 4.58. The maximum Gasteiger partial charge on any atom is 0.306 e. The zero-order valence-electron chi connectivity index (χ0n) is 42.0. The van der Waals surface area contributed by atoms with Gasteiger partial charge in [-0.1, -0.05) is 236 Å². The highest BCUT2D eigenvalue weighted by Crippen LogP contribution is 2.18. The molecule has 0 aliphatic heterocycles. The van der Waals surface area contributed by atoms with E-state index >= 15 is 0 Å². The average Bonchev–Trinajstić information content (AvgIpc) is 3.28. The number of allylic oxidation sites excluding steroid dienone is 8. The Morgan fingerprint density at radius 3 is 1.27 bits per heavy atom. The van der Waals surface area contributed by atoms with E-state index in [1.54, 1.807) is 0 Å². The summed E-state index contributed by atoms with van der Waals surface area (Å²) in [6.07, 6.45) is 61.8. The molecule has 0 saturated heterocycles. The number of hydrogen-bond acceptors (Lipinski definition) is 5. The van der Waals surface area contributed by atoms with Crippen LogP contribution < -0.4 is 5.32 Å². The van der Waals surface area contributed by atoms with E-state index in [1.807, 2.05) is 0 Å². The second-order valence-corrected chi connectivity index (χ2v) is 18.7. The minimum atomic E-state index is -0.796. The fourth-order valence-electron chi connectivity index (χ4n) is 8.25. The quantitative estimate of drug-likeness (QED) is 0.0245. The van der Waals surface area contributed by atoms with Gasteiger partial charge in [-0.05, 0) is 77.0 Å². The number of carbonyl (C=O) groups excluding carboxylic acids is 2. The molecule has 0 aromatic carbocycles. The van der Waals surface area contributed by atoms with Crippen molar-refractivity contribution in [1.82, 2.24) is 5.32 Å². The van der Waals surface area contributed by atoms with Crippen LogP contribution in [0.15, 0.2) is 48.6 Å². The van der Waals surface area contributed by atoms with E-state index in [2.05, 4.69) is 74.7 Å². The summed E-state index contributed by atoms with van der Waals surface area (Å²) in [6, 6.07) is -0.712. The summed E-state index contributed by atoms with van der Waals surface area (Å²) in [4.78, 5) is 26.2. The van der Waals surface area contributed by atoms with Gasteiger partial charge in [-0.25, -0.2) is 0 Å². The number of aliphatic hydroxyl groups excluding tert-OH is 2. The lowest BCUT2D eigenvalue weighted by Crippen LogP contribution is -2.46. The zero-order chi connectivity index (χ0) is 45.9. The van der Waals surface area contributed by atoms with Gasteiger partial charge in [0.25, 0.3) is 0 Å². The van der Waals surface area contributed by atoms with Gasteiger partial charge in [0, 0.05) is 6.42 Å². The Morgan fingerprint density at radius 1 is 0.460 bits per heavy atom. The third-order valence-corrected chi connectivity index (χ3v) is 12.4. The van der Waals surface area contributed by atoms with Gasteiger partial charge in [-0.2, -0.15) is 0 Å². The van der Waals surface area contributed by atoms with E-state index in [4.69, 9.17) is 4.74 Å². The first-order valence-electron chi connectivity index (χ1n) is 27.4. The van der Waals surface area contributed by atoms with Crippen LogP contribution in [0.1, 0.15) is 278 Å². The van der Waals surface area contributed by atoms with Gasteiger partial charge in [-0.3, -0.25) is 9.59 Å². The highest BCUT2D eigenvalue weighted by molar-refractivity contribution is 5.77. The second kappa shape index (κ2) is 50.8. The molecule has 1 amide bonds. The first-order valence-corrected chi connectivity index (χ1v) is 27.4. The standard InChI is InChI=1S/C57H105NO5/c1-4-7-10-13-16-19-21-23-25-27-28-29-31-33-35-38-41-44-47-50-57(62)63-53(48-45-42-39-37-34-32-30-26-24-22-20-17-14-11-8-5-2)51-56(61)58-54(52-59)55(60)49-46-43-40-36-18-15-12-9-6-3/h22-26,30,32,34,53-55,59-60H,4-21,27-29,31,33,35-52H2,1-3H3,(H,58,61)/b24-22+,25-23+,30-26+,34-32+. The summed E-state index contributed by atoms with van der Waals surface area (Å²) in [7, 11) is 0. The third-order valence-electron chi connectivity index (χ3n) is 12.4. The molecule has 0 aromatic heterocycles. The van der Waals surface area contributed by atoms with Crippen molar-refractivity contribution < 1.29 is 24.5 Å². The number of ether oxygens (including phenoxy) is 1. The van der Waals surface area contributed by atoms with Gasteiger partial charge in [0.1, 0.15) is 6.10 Å². The molecule has 3 N–H and O–H groups in total. The van der Waals surface area contributed by atoms with Crippen LogP contribution in [0.5, 0.6) is 0 Å². The number of carbonyl (C=O) groups is 2. The molecule has 0 spiro atoms. The molecular formula is C57H105NO5. The number of esters is 1. The lowest BCUT2D eigenvalue weighted by atomic mass is 10.0. The molecule has 6 nitrogen and oxygen atoms in total. The molecule has 0 aromatic rings. The fourth-order valence-corrected chi connectivity index (χ4v) is 8.25. The number of hydrogen-bond donors (Lipinski definition) is 3. The fraction of sp³-hybridized carbons (Fsp3) is 0.825. The van der Waals surface area contributed by atoms with Crippen LogP contribution in [0.3, 0.4) is 0 Å². The molecule has 63 heavy (non-hydrogen) atoms. The van der Waals surface area contributed by atoms with Crippen molar-refractivity contribution in [3.05, 3.63) is 48.6 Å².